The van der Waals surface area contributed by atoms with Gasteiger partial charge in [-0.1, -0.05) is 12.2 Å². The van der Waals surface area contributed by atoms with Crippen molar-refractivity contribution in [3.8, 4) is 0 Å². The number of halogens is 1. The topological polar surface area (TPSA) is 124 Å². The van der Waals surface area contributed by atoms with E-state index in [1.54, 1.807) is 0 Å². The van der Waals surface area contributed by atoms with Crippen molar-refractivity contribution in [2.24, 2.45) is 0 Å². The Bertz CT molecular complexity index is 417. The van der Waals surface area contributed by atoms with Crippen LogP contribution >= 0.6 is 0 Å². The number of allylic oxidation sites excluding steroid dienone is 2. The number of aliphatic carboxylic acids is 1. The number of carbonyl (C=O) groups is 1. The van der Waals surface area contributed by atoms with Crippen LogP contribution in [0.1, 0.15) is 0 Å². The minimum Gasteiger partial charge on any atom is -0.475 e. The summed E-state index contributed by atoms with van der Waals surface area (Å²) in [5.41, 5.74) is -3.44. The van der Waals surface area contributed by atoms with Gasteiger partial charge in [0.15, 0.2) is 0 Å². The van der Waals surface area contributed by atoms with Crippen LogP contribution < -0.4 is 0 Å². The summed E-state index contributed by atoms with van der Waals surface area (Å²) in [6.07, 6.45) is 2.30. The summed E-state index contributed by atoms with van der Waals surface area (Å²) in [5.74, 6) is -6.05. The maximum absolute atomic E-state index is 13.9. The predicted molar refractivity (Wildman–Crippen MR) is 46.5 cm³/mol. The fourth-order valence-corrected chi connectivity index (χ4v) is 1.31. The van der Waals surface area contributed by atoms with Gasteiger partial charge in [-0.3, -0.25) is 20.2 Å². The van der Waals surface area contributed by atoms with E-state index in [2.05, 4.69) is 0 Å². The molecular weight excluding hydrogens is 227 g/mol. The zero-order valence-corrected chi connectivity index (χ0v) is 7.57. The number of rotatable bonds is 3. The van der Waals surface area contributed by atoms with Crippen LogP contribution in [0.4, 0.5) is 4.39 Å². The van der Waals surface area contributed by atoms with E-state index in [1.165, 1.54) is 0 Å². The molecule has 0 heterocycles. The summed E-state index contributed by atoms with van der Waals surface area (Å²) in [6.45, 7) is 0. The normalized spacial score (nSPS) is 32.3. The van der Waals surface area contributed by atoms with Crippen molar-refractivity contribution in [1.29, 1.82) is 0 Å². The third-order valence-electron chi connectivity index (χ3n) is 2.18. The fraction of sp³-hybridized carbons (Fsp3) is 0.286. The lowest BCUT2D eigenvalue weighted by atomic mass is 9.85. The van der Waals surface area contributed by atoms with Gasteiger partial charge in [0.05, 0.1) is 9.85 Å². The molecule has 2 unspecified atom stereocenters. The number of alkyl halides is 1. The van der Waals surface area contributed by atoms with Crippen molar-refractivity contribution in [2.45, 2.75) is 11.3 Å². The third kappa shape index (κ3) is 1.17. The van der Waals surface area contributed by atoms with Gasteiger partial charge >= 0.3 is 17.3 Å². The molecule has 8 nitrogen and oxygen atoms in total. The predicted octanol–water partition coefficient (Wildman–Crippen LogP) is 0.155. The van der Waals surface area contributed by atoms with E-state index in [9.17, 15) is 29.4 Å². The van der Waals surface area contributed by atoms with E-state index in [0.29, 0.717) is 6.08 Å². The summed E-state index contributed by atoms with van der Waals surface area (Å²) >= 11 is 0. The molecule has 0 fully saturated rings. The Hall–Kier alpha value is -2.32. The van der Waals surface area contributed by atoms with E-state index in [0.717, 1.165) is 12.2 Å². The molecule has 1 N–H and O–H groups in total. The number of carboxylic acid groups (broad SMARTS) is 1. The quantitative estimate of drug-likeness (QED) is 0.419. The van der Waals surface area contributed by atoms with E-state index < -0.39 is 27.1 Å². The molecule has 0 aromatic heterocycles. The van der Waals surface area contributed by atoms with Crippen LogP contribution in [-0.2, 0) is 4.79 Å². The second-order valence-electron chi connectivity index (χ2n) is 2.98. The van der Waals surface area contributed by atoms with Crippen LogP contribution in [0.5, 0.6) is 0 Å². The number of hydrogen-bond acceptors (Lipinski definition) is 5. The maximum Gasteiger partial charge on any atom is 0.462 e. The second kappa shape index (κ2) is 3.36. The highest BCUT2D eigenvalue weighted by molar-refractivity contribution is 5.82. The average molecular weight is 232 g/mol. The largest absolute Gasteiger partial charge is 0.475 e. The Balaban J connectivity index is 3.53. The van der Waals surface area contributed by atoms with Crippen molar-refractivity contribution < 1.29 is 24.1 Å². The van der Waals surface area contributed by atoms with Crippen LogP contribution in [0.15, 0.2) is 24.3 Å². The zero-order chi connectivity index (χ0) is 12.6. The highest BCUT2D eigenvalue weighted by Gasteiger charge is 2.76. The first-order valence-corrected chi connectivity index (χ1v) is 3.87. The molecule has 0 aromatic carbocycles. The fourth-order valence-electron chi connectivity index (χ4n) is 1.31. The lowest BCUT2D eigenvalue weighted by molar-refractivity contribution is -0.679. The lowest BCUT2D eigenvalue weighted by Crippen LogP contribution is -2.64. The summed E-state index contributed by atoms with van der Waals surface area (Å²) in [6, 6.07) is 0. The third-order valence-corrected chi connectivity index (χ3v) is 2.18. The Labute approximate surface area is 87.0 Å². The van der Waals surface area contributed by atoms with Crippen LogP contribution in [-0.4, -0.2) is 32.3 Å². The molecule has 0 amide bonds. The first kappa shape index (κ1) is 11.8. The van der Waals surface area contributed by atoms with Crippen LogP contribution in [0.3, 0.4) is 0 Å². The van der Waals surface area contributed by atoms with Gasteiger partial charge in [0, 0.05) is 12.2 Å². The minimum absolute atomic E-state index is 0.240. The Morgan fingerprint density at radius 3 is 2.00 bits per heavy atom. The molecule has 2 atom stereocenters. The molecular formula is C7H5FN2O6. The Kier molecular flexibility index (Phi) is 2.47. The molecule has 0 saturated carbocycles. The molecule has 0 saturated heterocycles. The van der Waals surface area contributed by atoms with Gasteiger partial charge in [0.2, 0.25) is 0 Å². The molecule has 9 heteroatoms. The molecule has 1 rings (SSSR count). The molecule has 0 spiro atoms. The molecule has 1 aliphatic carbocycles. The molecule has 0 aliphatic heterocycles. The summed E-state index contributed by atoms with van der Waals surface area (Å²) in [5, 5.41) is 29.8. The van der Waals surface area contributed by atoms with Crippen LogP contribution in [0.25, 0.3) is 0 Å². The molecule has 0 bridgehead atoms. The number of nitro groups is 2. The Morgan fingerprint density at radius 1 is 1.19 bits per heavy atom. The number of carboxylic acids is 1. The Morgan fingerprint density at radius 2 is 1.69 bits per heavy atom. The zero-order valence-electron chi connectivity index (χ0n) is 7.57. The smallest absolute Gasteiger partial charge is 0.462 e. The minimum atomic E-state index is -3.81. The monoisotopic (exact) mass is 232 g/mol. The van der Waals surface area contributed by atoms with Crippen LogP contribution in [0.2, 0.25) is 0 Å². The molecule has 1 aliphatic rings. The summed E-state index contributed by atoms with van der Waals surface area (Å²) in [7, 11) is 0. The van der Waals surface area contributed by atoms with Crippen molar-refractivity contribution in [2.75, 3.05) is 0 Å². The molecule has 16 heavy (non-hydrogen) atoms. The van der Waals surface area contributed by atoms with Crippen molar-refractivity contribution in [1.82, 2.24) is 0 Å². The summed E-state index contributed by atoms with van der Waals surface area (Å²) in [4.78, 5) is 28.7. The van der Waals surface area contributed by atoms with E-state index >= 15 is 0 Å². The highest BCUT2D eigenvalue weighted by atomic mass is 19.1. The van der Waals surface area contributed by atoms with Gasteiger partial charge in [-0.25, -0.2) is 4.79 Å². The van der Waals surface area contributed by atoms with Crippen LogP contribution in [0, 0.1) is 20.2 Å². The van der Waals surface area contributed by atoms with Gasteiger partial charge in [-0.05, 0) is 0 Å². The van der Waals surface area contributed by atoms with Crippen molar-refractivity contribution in [3.05, 3.63) is 44.5 Å². The molecule has 0 radical (unpaired) electrons. The van der Waals surface area contributed by atoms with Crippen molar-refractivity contribution in [3.63, 3.8) is 0 Å². The van der Waals surface area contributed by atoms with Gasteiger partial charge in [0.25, 0.3) is 0 Å². The highest BCUT2D eigenvalue weighted by Crippen LogP contribution is 2.36. The first-order chi connectivity index (χ1) is 7.29. The van der Waals surface area contributed by atoms with Gasteiger partial charge in [-0.15, -0.1) is 0 Å². The second-order valence-corrected chi connectivity index (χ2v) is 2.98. The standard InChI is InChI=1S/C7H5FN2O6/c8-7(10(15)16)4-2-1-3-6(7,5(11)12)9(13)14/h1-4H,(H,11,12). The van der Waals surface area contributed by atoms with Gasteiger partial charge in [-0.2, -0.15) is 4.39 Å². The van der Waals surface area contributed by atoms with E-state index in [1.807, 2.05) is 0 Å². The van der Waals surface area contributed by atoms with Gasteiger partial charge in [0.1, 0.15) is 0 Å². The number of nitrogens with zero attached hydrogens (tertiary/aromatic N) is 2. The van der Waals surface area contributed by atoms with Crippen molar-refractivity contribution >= 4 is 5.97 Å². The SMILES string of the molecule is O=C(O)C1([N+](=O)[O-])C=CC=CC1(F)[N+](=O)[O-]. The first-order valence-electron chi connectivity index (χ1n) is 3.87. The molecule has 86 valence electrons. The van der Waals surface area contributed by atoms with E-state index in [4.69, 9.17) is 5.11 Å². The van der Waals surface area contributed by atoms with E-state index in [-0.39, 0.29) is 6.08 Å². The number of hydrogen-bond donors (Lipinski definition) is 1. The van der Waals surface area contributed by atoms with Gasteiger partial charge < -0.3 is 5.11 Å². The average Bonchev–Trinajstić information content (AvgIpc) is 2.17. The molecule has 0 aromatic rings. The maximum atomic E-state index is 13.9. The summed E-state index contributed by atoms with van der Waals surface area (Å²) < 4.78 is 13.9. The lowest BCUT2D eigenvalue weighted by Gasteiger charge is -2.25.